The summed E-state index contributed by atoms with van der Waals surface area (Å²) in [6, 6.07) is 22.7. The van der Waals surface area contributed by atoms with Crippen LogP contribution in [0.15, 0.2) is 79.1 Å². The summed E-state index contributed by atoms with van der Waals surface area (Å²) >= 11 is 0. The first-order chi connectivity index (χ1) is 27.3. The number of imide groups is 1. The van der Waals surface area contributed by atoms with Crippen LogP contribution in [0.1, 0.15) is 41.2 Å². The fourth-order valence-corrected chi connectivity index (χ4v) is 8.91. The van der Waals surface area contributed by atoms with Crippen molar-refractivity contribution in [1.29, 1.82) is 0 Å². The number of nitrogen functional groups attached to an aromatic ring is 1. The van der Waals surface area contributed by atoms with Gasteiger partial charge in [0.25, 0.3) is 5.91 Å². The van der Waals surface area contributed by atoms with Crippen LogP contribution in [0, 0.1) is 0 Å². The number of fused-ring (bicyclic) bond motifs is 2. The third kappa shape index (κ3) is 6.01. The first-order valence-corrected chi connectivity index (χ1v) is 19.2. The average molecular weight is 757 g/mol. The fraction of sp³-hybridized carbons (Fsp3) is 0.366. The average Bonchev–Trinajstić information content (AvgIpc) is 3.71. The van der Waals surface area contributed by atoms with E-state index in [0.29, 0.717) is 71.9 Å². The van der Waals surface area contributed by atoms with Gasteiger partial charge in [0, 0.05) is 81.1 Å². The Morgan fingerprint density at radius 3 is 2.38 bits per heavy atom. The van der Waals surface area contributed by atoms with E-state index in [-0.39, 0.29) is 18.2 Å². The smallest absolute Gasteiger partial charge is 0.255 e. The van der Waals surface area contributed by atoms with Crippen molar-refractivity contribution in [3.63, 3.8) is 0 Å². The van der Waals surface area contributed by atoms with Crippen LogP contribution in [-0.4, -0.2) is 116 Å². The van der Waals surface area contributed by atoms with E-state index in [0.717, 1.165) is 55.3 Å². The molecule has 10 rings (SSSR count). The molecule has 14 nitrogen and oxygen atoms in total. The van der Waals surface area contributed by atoms with E-state index in [1.165, 1.54) is 6.33 Å². The predicted octanol–water partition coefficient (Wildman–Crippen LogP) is 3.79. The van der Waals surface area contributed by atoms with Crippen LogP contribution in [0.2, 0.25) is 0 Å². The molecular formula is C41H41FN10O4. The van der Waals surface area contributed by atoms with Gasteiger partial charge < -0.3 is 20.3 Å². The predicted molar refractivity (Wildman–Crippen MR) is 206 cm³/mol. The van der Waals surface area contributed by atoms with Crippen molar-refractivity contribution >= 4 is 40.3 Å². The molecule has 0 radical (unpaired) electrons. The zero-order valence-electron chi connectivity index (χ0n) is 30.6. The summed E-state index contributed by atoms with van der Waals surface area (Å²) in [7, 11) is 0. The van der Waals surface area contributed by atoms with Crippen molar-refractivity contribution in [3.05, 3.63) is 90.3 Å². The minimum Gasteiger partial charge on any atom is -0.457 e. The first kappa shape index (κ1) is 34.6. The summed E-state index contributed by atoms with van der Waals surface area (Å²) in [6.45, 7) is 4.94. The van der Waals surface area contributed by atoms with Crippen LogP contribution in [0.5, 0.6) is 11.5 Å². The lowest BCUT2D eigenvalue weighted by Gasteiger charge is -2.55. The van der Waals surface area contributed by atoms with Gasteiger partial charge in [0.2, 0.25) is 11.8 Å². The maximum absolute atomic E-state index is 16.2. The molecule has 3 aromatic carbocycles. The number of nitrogens with zero attached hydrogens (tertiary/aromatic N) is 8. The van der Waals surface area contributed by atoms with Crippen LogP contribution < -0.4 is 20.7 Å². The van der Waals surface area contributed by atoms with Crippen LogP contribution in [-0.2, 0) is 16.1 Å². The normalized spacial score (nSPS) is 23.6. The Labute approximate surface area is 322 Å². The van der Waals surface area contributed by atoms with Gasteiger partial charge in [-0.2, -0.15) is 5.10 Å². The topological polar surface area (TPSA) is 155 Å². The highest BCUT2D eigenvalue weighted by Crippen LogP contribution is 2.38. The molecule has 15 heteroatoms. The molecule has 4 fully saturated rings. The number of likely N-dealkylation sites (tertiary alicyclic amines) is 2. The van der Waals surface area contributed by atoms with Crippen LogP contribution in [0.25, 0.3) is 22.3 Å². The third-order valence-corrected chi connectivity index (χ3v) is 12.1. The van der Waals surface area contributed by atoms with Crippen molar-refractivity contribution in [2.24, 2.45) is 0 Å². The highest BCUT2D eigenvalue weighted by atomic mass is 19.1. The molecule has 4 saturated heterocycles. The van der Waals surface area contributed by atoms with Crippen LogP contribution in [0.3, 0.4) is 0 Å². The molecule has 5 aromatic rings. The van der Waals surface area contributed by atoms with Crippen molar-refractivity contribution in [3.8, 4) is 22.8 Å². The molecule has 3 amide bonds. The lowest BCUT2D eigenvalue weighted by atomic mass is 9.94. The molecule has 3 N–H and O–H groups in total. The summed E-state index contributed by atoms with van der Waals surface area (Å²) in [6.07, 6.45) is 1.45. The number of amides is 3. The Morgan fingerprint density at radius 2 is 1.61 bits per heavy atom. The SMILES string of the molecule is Nc1ncnc2c1c(-c1ccc(Oc3ccccc3)cc1)nn2[C@@H]1CCN(C2CN(C3CN(c4ccc5c(c4)C(=O)N(C4CCC(=O)NC4=O)C5)C3)C2)C[C@@H]1F. The molecule has 0 aliphatic carbocycles. The van der Waals surface area contributed by atoms with E-state index in [4.69, 9.17) is 15.6 Å². The van der Waals surface area contributed by atoms with Gasteiger partial charge in [-0.15, -0.1) is 0 Å². The number of hydrogen-bond acceptors (Lipinski definition) is 11. The quantitative estimate of drug-likeness (QED) is 0.222. The van der Waals surface area contributed by atoms with E-state index in [1.54, 1.807) is 9.58 Å². The van der Waals surface area contributed by atoms with Crippen LogP contribution >= 0.6 is 0 Å². The molecule has 1 unspecified atom stereocenters. The minimum absolute atomic E-state index is 0.160. The lowest BCUT2D eigenvalue weighted by molar-refractivity contribution is -0.136. The van der Waals surface area contributed by atoms with Gasteiger partial charge in [0.1, 0.15) is 41.6 Å². The molecule has 0 spiro atoms. The number of nitrogens with one attached hydrogen (secondary N) is 1. The van der Waals surface area contributed by atoms with E-state index in [9.17, 15) is 14.4 Å². The standard InChI is InChI=1S/C41H41FN10O4/c42-32-22-48(15-14-33(32)52-39-36(38(43)44-23-45-39)37(47-52)24-7-10-30(11-8-24)56-29-4-2-1-3-5-29)27-18-50(19-27)28-20-49(21-28)26-9-6-25-17-51(41(55)31(25)16-26)34-12-13-35(53)46-40(34)54/h1-11,16,23,27-28,32-34H,12-15,17-22H2,(H2,43,44,45)(H,46,53,54)/t32-,33+,34?/m0/s1. The third-order valence-electron chi connectivity index (χ3n) is 12.1. The number of para-hydroxylation sites is 1. The number of nitrogens with two attached hydrogens (primary N) is 1. The number of aromatic nitrogens is 4. The van der Waals surface area contributed by atoms with Crippen LogP contribution in [0.4, 0.5) is 15.9 Å². The lowest BCUT2D eigenvalue weighted by Crippen LogP contribution is -2.70. The number of carbonyl (C=O) groups excluding carboxylic acids is 3. The number of alkyl halides is 1. The first-order valence-electron chi connectivity index (χ1n) is 19.2. The van der Waals surface area contributed by atoms with E-state index in [1.807, 2.05) is 72.8 Å². The summed E-state index contributed by atoms with van der Waals surface area (Å²) in [5, 5.41) is 7.90. The number of benzene rings is 3. The van der Waals surface area contributed by atoms with E-state index >= 15 is 4.39 Å². The molecule has 0 saturated carbocycles. The monoisotopic (exact) mass is 756 g/mol. The molecule has 5 aliphatic heterocycles. The number of ether oxygens (including phenoxy) is 1. The Morgan fingerprint density at radius 1 is 0.839 bits per heavy atom. The second-order valence-electron chi connectivity index (χ2n) is 15.5. The van der Waals surface area contributed by atoms with Gasteiger partial charge >= 0.3 is 0 Å². The van der Waals surface area contributed by atoms with Crippen molar-refractivity contribution in [1.82, 2.24) is 39.8 Å². The van der Waals surface area contributed by atoms with E-state index < -0.39 is 24.2 Å². The summed E-state index contributed by atoms with van der Waals surface area (Å²) in [5.74, 6) is 0.881. The molecule has 7 heterocycles. The molecular weight excluding hydrogens is 716 g/mol. The highest BCUT2D eigenvalue weighted by molar-refractivity contribution is 6.05. The molecule has 5 aliphatic rings. The maximum Gasteiger partial charge on any atom is 0.255 e. The van der Waals surface area contributed by atoms with Gasteiger partial charge in [0.15, 0.2) is 5.65 Å². The van der Waals surface area contributed by atoms with Gasteiger partial charge in [0.05, 0.1) is 11.4 Å². The Balaban J connectivity index is 0.748. The highest BCUT2D eigenvalue weighted by Gasteiger charge is 2.45. The maximum atomic E-state index is 16.2. The van der Waals surface area contributed by atoms with Gasteiger partial charge in [-0.1, -0.05) is 24.3 Å². The number of hydrogen-bond donors (Lipinski definition) is 2. The van der Waals surface area contributed by atoms with Crippen molar-refractivity contribution in [2.75, 3.05) is 49.9 Å². The number of anilines is 2. The zero-order chi connectivity index (χ0) is 38.1. The van der Waals surface area contributed by atoms with Crippen molar-refractivity contribution in [2.45, 2.75) is 56.1 Å². The Hall–Kier alpha value is -5.93. The molecule has 2 aromatic heterocycles. The fourth-order valence-electron chi connectivity index (χ4n) is 8.91. The van der Waals surface area contributed by atoms with Crippen molar-refractivity contribution < 1.29 is 23.5 Å². The largest absolute Gasteiger partial charge is 0.457 e. The van der Waals surface area contributed by atoms with E-state index in [2.05, 4.69) is 30.0 Å². The summed E-state index contributed by atoms with van der Waals surface area (Å²) < 4.78 is 23.9. The van der Waals surface area contributed by atoms with Gasteiger partial charge in [-0.05, 0) is 66.9 Å². The zero-order valence-corrected chi connectivity index (χ0v) is 30.6. The Kier molecular flexibility index (Phi) is 8.44. The Bertz CT molecular complexity index is 2340. The molecule has 56 heavy (non-hydrogen) atoms. The molecule has 286 valence electrons. The summed E-state index contributed by atoms with van der Waals surface area (Å²) in [5.41, 5.74) is 10.9. The number of halogens is 1. The second-order valence-corrected chi connectivity index (χ2v) is 15.5. The van der Waals surface area contributed by atoms with Gasteiger partial charge in [-0.3, -0.25) is 29.5 Å². The minimum atomic E-state index is -1.14. The number of carbonyl (C=O) groups is 3. The second kappa shape index (κ2) is 13.7. The number of piperidine rings is 2. The molecule has 3 atom stereocenters. The summed E-state index contributed by atoms with van der Waals surface area (Å²) in [4.78, 5) is 54.7. The molecule has 0 bridgehead atoms. The van der Waals surface area contributed by atoms with Gasteiger partial charge in [-0.25, -0.2) is 19.0 Å². The number of rotatable bonds is 8.